The molecule has 98 valence electrons. The van der Waals surface area contributed by atoms with Gasteiger partial charge in [-0.15, -0.1) is 13.2 Å². The predicted molar refractivity (Wildman–Crippen MR) is 66.2 cm³/mol. The fourth-order valence-electron chi connectivity index (χ4n) is 1.14. The highest BCUT2D eigenvalue weighted by molar-refractivity contribution is 9.10. The first-order valence-corrected chi connectivity index (χ1v) is 5.90. The maximum atomic E-state index is 12.0. The van der Waals surface area contributed by atoms with Crippen molar-refractivity contribution in [3.05, 3.63) is 28.2 Å². The van der Waals surface area contributed by atoms with E-state index in [0.717, 1.165) is 6.54 Å². The Morgan fingerprint density at radius 3 is 2.67 bits per heavy atom. The van der Waals surface area contributed by atoms with Crippen molar-refractivity contribution >= 4 is 15.9 Å². The maximum Gasteiger partial charge on any atom is 0.573 e. The summed E-state index contributed by atoms with van der Waals surface area (Å²) in [7, 11) is 1.82. The second kappa shape index (κ2) is 6.66. The highest BCUT2D eigenvalue weighted by Crippen LogP contribution is 2.27. The Morgan fingerprint density at radius 2 is 2.11 bits per heavy atom. The van der Waals surface area contributed by atoms with Gasteiger partial charge >= 0.3 is 6.36 Å². The normalized spacial score (nSPS) is 10.7. The zero-order chi connectivity index (χ0) is 13.6. The van der Waals surface area contributed by atoms with Gasteiger partial charge in [0.15, 0.2) is 0 Å². The molecule has 0 saturated carbocycles. The Balaban J connectivity index is 2.76. The fourth-order valence-corrected chi connectivity index (χ4v) is 1.60. The van der Waals surface area contributed by atoms with E-state index in [0.29, 0.717) is 16.5 Å². The van der Waals surface area contributed by atoms with Crippen LogP contribution in [0.2, 0.25) is 0 Å². The Bertz CT molecular complexity index is 463. The zero-order valence-corrected chi connectivity index (χ0v) is 11.2. The minimum Gasteiger partial charge on any atom is -0.406 e. The van der Waals surface area contributed by atoms with Gasteiger partial charge in [-0.05, 0) is 41.2 Å². The van der Waals surface area contributed by atoms with Gasteiger partial charge in [0.05, 0.1) is 0 Å². The Morgan fingerprint density at radius 1 is 1.39 bits per heavy atom. The molecule has 18 heavy (non-hydrogen) atoms. The number of rotatable bonds is 3. The van der Waals surface area contributed by atoms with E-state index >= 15 is 0 Å². The minimum atomic E-state index is -4.68. The van der Waals surface area contributed by atoms with Crippen molar-refractivity contribution < 1.29 is 17.9 Å². The Labute approximate surface area is 112 Å². The van der Waals surface area contributed by atoms with Gasteiger partial charge in [0.2, 0.25) is 0 Å². The minimum absolute atomic E-state index is 0.268. The van der Waals surface area contributed by atoms with Crippen LogP contribution in [0, 0.1) is 11.8 Å². The highest BCUT2D eigenvalue weighted by Gasteiger charge is 2.31. The standard InChI is InChI=1S/C12H11BrF3NO/c1-17-7-3-2-4-9-5-6-10(8-11(9)13)18-12(14,15)16/h5-6,8,17H,3,7H2,1H3. The molecule has 0 amide bonds. The molecule has 2 nitrogen and oxygen atoms in total. The summed E-state index contributed by atoms with van der Waals surface area (Å²) in [6, 6.07) is 3.97. The second-order valence-electron chi connectivity index (χ2n) is 3.34. The second-order valence-corrected chi connectivity index (χ2v) is 4.20. The van der Waals surface area contributed by atoms with Gasteiger partial charge in [-0.25, -0.2) is 0 Å². The molecule has 0 unspecified atom stereocenters. The molecule has 6 heteroatoms. The van der Waals surface area contributed by atoms with E-state index in [2.05, 4.69) is 37.8 Å². The summed E-state index contributed by atoms with van der Waals surface area (Å²) < 4.78 is 40.2. The third-order valence-corrected chi connectivity index (χ3v) is 2.55. The number of alkyl halides is 3. The van der Waals surface area contributed by atoms with Crippen LogP contribution in [0.4, 0.5) is 13.2 Å². The number of benzene rings is 1. The molecule has 0 atom stereocenters. The molecule has 0 aliphatic rings. The first-order valence-electron chi connectivity index (χ1n) is 5.11. The van der Waals surface area contributed by atoms with E-state index in [-0.39, 0.29) is 5.75 Å². The molecule has 0 saturated heterocycles. The van der Waals surface area contributed by atoms with Crippen LogP contribution >= 0.6 is 15.9 Å². The smallest absolute Gasteiger partial charge is 0.406 e. The molecule has 0 heterocycles. The van der Waals surface area contributed by atoms with Crippen LogP contribution in [0.25, 0.3) is 0 Å². The molecule has 1 rings (SSSR count). The van der Waals surface area contributed by atoms with Crippen molar-refractivity contribution in [3.63, 3.8) is 0 Å². The van der Waals surface area contributed by atoms with Crippen LogP contribution in [-0.4, -0.2) is 20.0 Å². The van der Waals surface area contributed by atoms with E-state index in [1.807, 2.05) is 7.05 Å². The van der Waals surface area contributed by atoms with Crippen LogP contribution in [-0.2, 0) is 0 Å². The zero-order valence-electron chi connectivity index (χ0n) is 9.57. The first-order chi connectivity index (χ1) is 8.42. The lowest BCUT2D eigenvalue weighted by atomic mass is 10.2. The molecule has 1 N–H and O–H groups in total. The number of ether oxygens (including phenoxy) is 1. The van der Waals surface area contributed by atoms with E-state index < -0.39 is 6.36 Å². The number of hydrogen-bond acceptors (Lipinski definition) is 2. The van der Waals surface area contributed by atoms with Crippen LogP contribution in [0.1, 0.15) is 12.0 Å². The molecule has 0 aliphatic heterocycles. The Hall–Kier alpha value is -1.19. The summed E-state index contributed by atoms with van der Waals surface area (Å²) in [6.07, 6.45) is -4.01. The largest absolute Gasteiger partial charge is 0.573 e. The molecule has 0 radical (unpaired) electrons. The van der Waals surface area contributed by atoms with Crippen LogP contribution in [0.5, 0.6) is 5.75 Å². The van der Waals surface area contributed by atoms with Gasteiger partial charge < -0.3 is 10.1 Å². The first kappa shape index (κ1) is 14.9. The van der Waals surface area contributed by atoms with Gasteiger partial charge in [-0.2, -0.15) is 0 Å². The van der Waals surface area contributed by atoms with Crippen LogP contribution in [0.3, 0.4) is 0 Å². The van der Waals surface area contributed by atoms with Crippen molar-refractivity contribution in [2.45, 2.75) is 12.8 Å². The lowest BCUT2D eigenvalue weighted by molar-refractivity contribution is -0.274. The van der Waals surface area contributed by atoms with Gasteiger partial charge in [-0.3, -0.25) is 0 Å². The van der Waals surface area contributed by atoms with Crippen molar-refractivity contribution in [2.24, 2.45) is 0 Å². The summed E-state index contributed by atoms with van der Waals surface area (Å²) in [6.45, 7) is 0.764. The third kappa shape index (κ3) is 5.43. The van der Waals surface area contributed by atoms with Crippen molar-refractivity contribution in [1.82, 2.24) is 5.32 Å². The van der Waals surface area contributed by atoms with Crippen LogP contribution < -0.4 is 10.1 Å². The maximum absolute atomic E-state index is 12.0. The van der Waals surface area contributed by atoms with Gasteiger partial charge in [0.25, 0.3) is 0 Å². The average Bonchev–Trinajstić information content (AvgIpc) is 2.24. The highest BCUT2D eigenvalue weighted by atomic mass is 79.9. The lowest BCUT2D eigenvalue weighted by Crippen LogP contribution is -2.17. The topological polar surface area (TPSA) is 21.3 Å². The third-order valence-electron chi connectivity index (χ3n) is 1.90. The van der Waals surface area contributed by atoms with Crippen LogP contribution in [0.15, 0.2) is 22.7 Å². The summed E-state index contributed by atoms with van der Waals surface area (Å²) in [5, 5.41) is 2.94. The van der Waals surface area contributed by atoms with Gasteiger partial charge in [0, 0.05) is 23.0 Å². The van der Waals surface area contributed by atoms with E-state index in [9.17, 15) is 13.2 Å². The SMILES string of the molecule is CNCCC#Cc1ccc(OC(F)(F)F)cc1Br. The summed E-state index contributed by atoms with van der Waals surface area (Å²) in [5.41, 5.74) is 0.626. The summed E-state index contributed by atoms with van der Waals surface area (Å²) in [4.78, 5) is 0. The van der Waals surface area contributed by atoms with Crippen molar-refractivity contribution in [3.8, 4) is 17.6 Å². The van der Waals surface area contributed by atoms with E-state index in [1.165, 1.54) is 18.2 Å². The number of hydrogen-bond donors (Lipinski definition) is 1. The summed E-state index contributed by atoms with van der Waals surface area (Å²) in [5.74, 6) is 5.50. The molecular formula is C12H11BrF3NO. The van der Waals surface area contributed by atoms with Crippen molar-refractivity contribution in [1.29, 1.82) is 0 Å². The molecule has 0 fully saturated rings. The van der Waals surface area contributed by atoms with E-state index in [4.69, 9.17) is 0 Å². The lowest BCUT2D eigenvalue weighted by Gasteiger charge is -2.09. The quantitative estimate of drug-likeness (QED) is 0.681. The molecular weight excluding hydrogens is 311 g/mol. The summed E-state index contributed by atoms with van der Waals surface area (Å²) >= 11 is 3.16. The fraction of sp³-hybridized carbons (Fsp3) is 0.333. The predicted octanol–water partition coefficient (Wildman–Crippen LogP) is 3.31. The molecule has 1 aromatic rings. The molecule has 0 bridgehead atoms. The average molecular weight is 322 g/mol. The van der Waals surface area contributed by atoms with E-state index in [1.54, 1.807) is 0 Å². The molecule has 0 aliphatic carbocycles. The van der Waals surface area contributed by atoms with Gasteiger partial charge in [-0.1, -0.05) is 11.8 Å². The van der Waals surface area contributed by atoms with Gasteiger partial charge in [0.1, 0.15) is 5.75 Å². The monoisotopic (exact) mass is 321 g/mol. The Kier molecular flexibility index (Phi) is 5.51. The molecule has 0 spiro atoms. The molecule has 1 aromatic carbocycles. The number of nitrogens with one attached hydrogen (secondary N) is 1. The number of halogens is 4. The van der Waals surface area contributed by atoms with Crippen molar-refractivity contribution in [2.75, 3.05) is 13.6 Å². The molecule has 0 aromatic heterocycles.